The van der Waals surface area contributed by atoms with Crippen LogP contribution in [-0.4, -0.2) is 46.3 Å². The second-order valence-corrected chi connectivity index (χ2v) is 7.17. The first-order chi connectivity index (χ1) is 12.4. The van der Waals surface area contributed by atoms with E-state index in [1.165, 1.54) is 6.20 Å². The van der Waals surface area contributed by atoms with E-state index in [4.69, 9.17) is 4.74 Å². The number of para-hydroxylation sites is 1. The zero-order valence-electron chi connectivity index (χ0n) is 15.9. The van der Waals surface area contributed by atoms with Crippen LogP contribution in [0.15, 0.2) is 42.7 Å². The number of amides is 1. The first-order valence-electron chi connectivity index (χ1n) is 8.91. The number of ether oxygens (including phenoxy) is 1. The molecule has 6 nitrogen and oxygen atoms in total. The summed E-state index contributed by atoms with van der Waals surface area (Å²) in [7, 11) is 0. The summed E-state index contributed by atoms with van der Waals surface area (Å²) in [5.74, 6) is 0.000730. The van der Waals surface area contributed by atoms with E-state index in [0.29, 0.717) is 30.5 Å². The number of rotatable bonds is 8. The maximum absolute atomic E-state index is 12.4. The van der Waals surface area contributed by atoms with Gasteiger partial charge in [0.05, 0.1) is 17.4 Å². The fourth-order valence-corrected chi connectivity index (χ4v) is 2.61. The highest BCUT2D eigenvalue weighted by Crippen LogP contribution is 2.09. The third kappa shape index (κ3) is 5.72. The second kappa shape index (κ2) is 9.17. The SMILES string of the molecule is CC(C)CN(CC(C)C)C(=O)COC(=O)c1cnn(-c2ccccc2)c1. The number of benzene rings is 1. The van der Waals surface area contributed by atoms with E-state index >= 15 is 0 Å². The standard InChI is InChI=1S/C20H27N3O3/c1-15(2)11-22(12-16(3)4)19(24)14-26-20(25)17-10-21-23(13-17)18-8-6-5-7-9-18/h5-10,13,15-16H,11-12,14H2,1-4H3. The molecular formula is C20H27N3O3. The number of carbonyl (C=O) groups excluding carboxylic acids is 2. The van der Waals surface area contributed by atoms with Crippen molar-refractivity contribution in [1.29, 1.82) is 0 Å². The molecule has 1 heterocycles. The van der Waals surface area contributed by atoms with Gasteiger partial charge in [0.25, 0.3) is 5.91 Å². The van der Waals surface area contributed by atoms with Gasteiger partial charge in [0.15, 0.2) is 6.61 Å². The molecule has 6 heteroatoms. The van der Waals surface area contributed by atoms with Crippen LogP contribution in [0.25, 0.3) is 5.69 Å². The van der Waals surface area contributed by atoms with E-state index in [1.54, 1.807) is 15.8 Å². The zero-order chi connectivity index (χ0) is 19.1. The molecule has 1 aromatic carbocycles. The highest BCUT2D eigenvalue weighted by molar-refractivity contribution is 5.90. The molecule has 0 aliphatic rings. The minimum absolute atomic E-state index is 0.170. The van der Waals surface area contributed by atoms with E-state index in [1.807, 2.05) is 30.3 Å². The summed E-state index contributed by atoms with van der Waals surface area (Å²) in [5, 5.41) is 4.17. The summed E-state index contributed by atoms with van der Waals surface area (Å²) in [6.45, 7) is 9.29. The first-order valence-corrected chi connectivity index (χ1v) is 8.91. The summed E-state index contributed by atoms with van der Waals surface area (Å²) < 4.78 is 6.80. The smallest absolute Gasteiger partial charge is 0.341 e. The fourth-order valence-electron chi connectivity index (χ4n) is 2.61. The van der Waals surface area contributed by atoms with Crippen molar-refractivity contribution in [3.63, 3.8) is 0 Å². The number of aromatic nitrogens is 2. The molecular weight excluding hydrogens is 330 g/mol. The van der Waals surface area contributed by atoms with Crippen molar-refractivity contribution in [2.24, 2.45) is 11.8 Å². The van der Waals surface area contributed by atoms with Crippen LogP contribution in [-0.2, 0) is 9.53 Å². The Balaban J connectivity index is 1.95. The van der Waals surface area contributed by atoms with E-state index < -0.39 is 5.97 Å². The monoisotopic (exact) mass is 357 g/mol. The first kappa shape index (κ1) is 19.7. The van der Waals surface area contributed by atoms with Gasteiger partial charge in [-0.25, -0.2) is 9.48 Å². The minimum atomic E-state index is -0.547. The van der Waals surface area contributed by atoms with Crippen molar-refractivity contribution in [2.75, 3.05) is 19.7 Å². The molecule has 0 spiro atoms. The van der Waals surface area contributed by atoms with Crippen LogP contribution in [0.3, 0.4) is 0 Å². The van der Waals surface area contributed by atoms with Crippen molar-refractivity contribution in [3.8, 4) is 5.69 Å². The van der Waals surface area contributed by atoms with E-state index in [2.05, 4.69) is 32.8 Å². The van der Waals surface area contributed by atoms with Crippen molar-refractivity contribution in [1.82, 2.24) is 14.7 Å². The van der Waals surface area contributed by atoms with Crippen molar-refractivity contribution < 1.29 is 14.3 Å². The van der Waals surface area contributed by atoms with Crippen LogP contribution in [0.1, 0.15) is 38.1 Å². The lowest BCUT2D eigenvalue weighted by atomic mass is 10.1. The molecule has 2 aromatic rings. The van der Waals surface area contributed by atoms with Gasteiger partial charge in [0.1, 0.15) is 0 Å². The molecule has 0 N–H and O–H groups in total. The van der Waals surface area contributed by atoms with Crippen LogP contribution in [0, 0.1) is 11.8 Å². The molecule has 0 aliphatic heterocycles. The Kier molecular flexibility index (Phi) is 6.95. The van der Waals surface area contributed by atoms with Gasteiger partial charge in [-0.3, -0.25) is 4.79 Å². The highest BCUT2D eigenvalue weighted by atomic mass is 16.5. The Labute approximate surface area is 154 Å². The Hall–Kier alpha value is -2.63. The molecule has 0 saturated carbocycles. The van der Waals surface area contributed by atoms with Gasteiger partial charge in [-0.05, 0) is 24.0 Å². The minimum Gasteiger partial charge on any atom is -0.452 e. The molecule has 0 fully saturated rings. The molecule has 2 rings (SSSR count). The molecule has 26 heavy (non-hydrogen) atoms. The van der Waals surface area contributed by atoms with Crippen molar-refractivity contribution >= 4 is 11.9 Å². The third-order valence-corrected chi connectivity index (χ3v) is 3.69. The molecule has 0 aliphatic carbocycles. The van der Waals surface area contributed by atoms with Gasteiger partial charge >= 0.3 is 5.97 Å². The Bertz CT molecular complexity index is 713. The van der Waals surface area contributed by atoms with Crippen molar-refractivity contribution in [3.05, 3.63) is 48.3 Å². The van der Waals surface area contributed by atoms with Crippen LogP contribution >= 0.6 is 0 Å². The molecule has 1 amide bonds. The largest absolute Gasteiger partial charge is 0.452 e. The Morgan fingerprint density at radius 2 is 1.69 bits per heavy atom. The van der Waals surface area contributed by atoms with Crippen LogP contribution in [0.5, 0.6) is 0 Å². The predicted molar refractivity (Wildman–Crippen MR) is 100 cm³/mol. The van der Waals surface area contributed by atoms with Crippen LogP contribution < -0.4 is 0 Å². The number of hydrogen-bond donors (Lipinski definition) is 0. The summed E-state index contributed by atoms with van der Waals surface area (Å²) in [4.78, 5) is 26.4. The fraction of sp³-hybridized carbons (Fsp3) is 0.450. The average molecular weight is 357 g/mol. The molecule has 140 valence electrons. The van der Waals surface area contributed by atoms with Crippen molar-refractivity contribution in [2.45, 2.75) is 27.7 Å². The average Bonchev–Trinajstić information content (AvgIpc) is 3.09. The maximum Gasteiger partial charge on any atom is 0.341 e. The molecule has 1 aromatic heterocycles. The predicted octanol–water partition coefficient (Wildman–Crippen LogP) is 3.17. The van der Waals surface area contributed by atoms with Gasteiger partial charge in [-0.15, -0.1) is 0 Å². The maximum atomic E-state index is 12.4. The third-order valence-electron chi connectivity index (χ3n) is 3.69. The molecule has 0 radical (unpaired) electrons. The lowest BCUT2D eigenvalue weighted by Gasteiger charge is -2.26. The Morgan fingerprint density at radius 1 is 1.08 bits per heavy atom. The topological polar surface area (TPSA) is 64.4 Å². The van der Waals surface area contributed by atoms with E-state index in [9.17, 15) is 9.59 Å². The number of hydrogen-bond acceptors (Lipinski definition) is 4. The summed E-state index contributed by atoms with van der Waals surface area (Å²) in [5.41, 5.74) is 1.17. The highest BCUT2D eigenvalue weighted by Gasteiger charge is 2.19. The Morgan fingerprint density at radius 3 is 2.27 bits per heavy atom. The number of carbonyl (C=O) groups is 2. The van der Waals surface area contributed by atoms with Gasteiger partial charge in [-0.1, -0.05) is 45.9 Å². The number of nitrogens with zero attached hydrogens (tertiary/aromatic N) is 3. The molecule has 0 bridgehead atoms. The van der Waals surface area contributed by atoms with Gasteiger partial charge < -0.3 is 9.64 Å². The van der Waals surface area contributed by atoms with E-state index in [-0.39, 0.29) is 12.5 Å². The summed E-state index contributed by atoms with van der Waals surface area (Å²) in [6.07, 6.45) is 3.04. The number of esters is 1. The molecule has 0 unspecified atom stereocenters. The second-order valence-electron chi connectivity index (χ2n) is 7.17. The van der Waals surface area contributed by atoms with Gasteiger partial charge in [0.2, 0.25) is 0 Å². The normalized spacial score (nSPS) is 11.0. The molecule has 0 saturated heterocycles. The van der Waals surface area contributed by atoms with Gasteiger partial charge in [0, 0.05) is 19.3 Å². The summed E-state index contributed by atoms with van der Waals surface area (Å²) in [6, 6.07) is 9.48. The lowest BCUT2D eigenvalue weighted by Crippen LogP contribution is -2.39. The van der Waals surface area contributed by atoms with E-state index in [0.717, 1.165) is 5.69 Å². The zero-order valence-corrected chi connectivity index (χ0v) is 15.9. The molecule has 0 atom stereocenters. The van der Waals surface area contributed by atoms with Crippen LogP contribution in [0.4, 0.5) is 0 Å². The van der Waals surface area contributed by atoms with Crippen LogP contribution in [0.2, 0.25) is 0 Å². The summed E-state index contributed by atoms with van der Waals surface area (Å²) >= 11 is 0. The quantitative estimate of drug-likeness (QED) is 0.681. The lowest BCUT2D eigenvalue weighted by molar-refractivity contribution is -0.135. The van der Waals surface area contributed by atoms with Gasteiger partial charge in [-0.2, -0.15) is 5.10 Å².